The fourth-order valence-corrected chi connectivity index (χ4v) is 3.33. The first kappa shape index (κ1) is 21.8. The predicted octanol–water partition coefficient (Wildman–Crippen LogP) is 2.62. The number of aliphatic hydroxyl groups excluding tert-OH is 1. The first-order chi connectivity index (χ1) is 14.5. The normalized spacial score (nSPS) is 16.1. The lowest BCUT2D eigenvalue weighted by molar-refractivity contribution is -0.135. The minimum absolute atomic E-state index is 0.0283. The Morgan fingerprint density at radius 3 is 2.80 bits per heavy atom. The average Bonchev–Trinajstić information content (AvgIpc) is 2.76. The second-order valence-electron chi connectivity index (χ2n) is 6.94. The topological polar surface area (TPSA) is 119 Å². The van der Waals surface area contributed by atoms with Gasteiger partial charge in [-0.15, -0.1) is 0 Å². The van der Waals surface area contributed by atoms with Gasteiger partial charge in [0, 0.05) is 25.6 Å². The van der Waals surface area contributed by atoms with Crippen LogP contribution in [0.25, 0.3) is 0 Å². The molecule has 10 heteroatoms. The monoisotopic (exact) mass is 432 g/mol. The summed E-state index contributed by atoms with van der Waals surface area (Å²) in [6, 6.07) is 7.25. The third kappa shape index (κ3) is 5.58. The minimum atomic E-state index is -0.494. The minimum Gasteiger partial charge on any atom is -0.387 e. The molecule has 1 saturated heterocycles. The van der Waals surface area contributed by atoms with E-state index < -0.39 is 6.61 Å². The van der Waals surface area contributed by atoms with E-state index in [2.05, 4.69) is 25.9 Å². The second-order valence-corrected chi connectivity index (χ2v) is 7.35. The smallest absolute Gasteiger partial charge is 0.248 e. The van der Waals surface area contributed by atoms with Crippen LogP contribution in [-0.2, 0) is 9.59 Å². The van der Waals surface area contributed by atoms with Crippen LogP contribution < -0.4 is 16.0 Å². The fraction of sp³-hybridized carbons (Fsp3) is 0.400. The number of hydrogen-bond donors (Lipinski definition) is 4. The number of carbonyl (C=O) groups is 2. The number of nitrogens with one attached hydrogen (secondary N) is 3. The standard InChI is InChI=1S/C20H25ClN6O3/c1-2-17(29)24-15-7-3-4-8-16(15)25-19-14(21)10-22-20(26-19)23-13-6-5-9-27(11-13)18(30)12-28/h3-4,7-8,10,13,28H,2,5-6,9,11-12H2,1H3,(H,24,29)(H2,22,23,25,26)/t13-/m0/s1. The fourth-order valence-electron chi connectivity index (χ4n) is 3.20. The molecule has 0 aliphatic carbocycles. The number of rotatable bonds is 7. The number of amides is 2. The summed E-state index contributed by atoms with van der Waals surface area (Å²) in [6.07, 6.45) is 3.54. The third-order valence-corrected chi connectivity index (χ3v) is 5.04. The molecule has 2 heterocycles. The van der Waals surface area contributed by atoms with Crippen molar-refractivity contribution in [2.75, 3.05) is 35.6 Å². The lowest BCUT2D eigenvalue weighted by Gasteiger charge is -2.32. The summed E-state index contributed by atoms with van der Waals surface area (Å²) < 4.78 is 0. The van der Waals surface area contributed by atoms with Crippen LogP contribution in [0.3, 0.4) is 0 Å². The van der Waals surface area contributed by atoms with E-state index in [0.29, 0.717) is 47.7 Å². The SMILES string of the molecule is CCC(=O)Nc1ccccc1Nc1nc(N[C@H]2CCCN(C(=O)CO)C2)ncc1Cl. The van der Waals surface area contributed by atoms with Crippen molar-refractivity contribution >= 4 is 46.6 Å². The van der Waals surface area contributed by atoms with Gasteiger partial charge < -0.3 is 26.0 Å². The molecule has 2 aromatic rings. The highest BCUT2D eigenvalue weighted by Crippen LogP contribution is 2.29. The highest BCUT2D eigenvalue weighted by molar-refractivity contribution is 6.33. The van der Waals surface area contributed by atoms with Crippen molar-refractivity contribution in [3.63, 3.8) is 0 Å². The van der Waals surface area contributed by atoms with Crippen LogP contribution in [-0.4, -0.2) is 57.5 Å². The Hall–Kier alpha value is -2.91. The van der Waals surface area contributed by atoms with Crippen LogP contribution in [0, 0.1) is 0 Å². The summed E-state index contributed by atoms with van der Waals surface area (Å²) >= 11 is 6.27. The van der Waals surface area contributed by atoms with E-state index in [-0.39, 0.29) is 17.9 Å². The molecule has 1 fully saturated rings. The Bertz CT molecular complexity index is 910. The molecule has 0 unspecified atom stereocenters. The number of para-hydroxylation sites is 2. The quantitative estimate of drug-likeness (QED) is 0.530. The molecule has 1 atom stereocenters. The number of nitrogens with zero attached hydrogens (tertiary/aromatic N) is 3. The van der Waals surface area contributed by atoms with Gasteiger partial charge in [0.15, 0.2) is 5.82 Å². The molecule has 1 aromatic carbocycles. The van der Waals surface area contributed by atoms with Crippen LogP contribution in [0.5, 0.6) is 0 Å². The average molecular weight is 433 g/mol. The Morgan fingerprint density at radius 2 is 2.07 bits per heavy atom. The molecule has 9 nitrogen and oxygen atoms in total. The third-order valence-electron chi connectivity index (χ3n) is 4.76. The predicted molar refractivity (Wildman–Crippen MR) is 116 cm³/mol. The van der Waals surface area contributed by atoms with E-state index >= 15 is 0 Å². The zero-order valence-corrected chi connectivity index (χ0v) is 17.4. The largest absolute Gasteiger partial charge is 0.387 e. The van der Waals surface area contributed by atoms with Gasteiger partial charge in [-0.25, -0.2) is 4.98 Å². The van der Waals surface area contributed by atoms with Crippen LogP contribution in [0.4, 0.5) is 23.1 Å². The van der Waals surface area contributed by atoms with E-state index in [1.54, 1.807) is 17.9 Å². The Morgan fingerprint density at radius 1 is 1.30 bits per heavy atom. The first-order valence-corrected chi connectivity index (χ1v) is 10.2. The van der Waals surface area contributed by atoms with Gasteiger partial charge >= 0.3 is 0 Å². The summed E-state index contributed by atoms with van der Waals surface area (Å²) in [5.74, 6) is 0.387. The highest BCUT2D eigenvalue weighted by atomic mass is 35.5. The molecule has 160 valence electrons. The molecule has 2 amide bonds. The lowest BCUT2D eigenvalue weighted by atomic mass is 10.1. The number of hydrogen-bond acceptors (Lipinski definition) is 7. The van der Waals surface area contributed by atoms with Gasteiger partial charge in [0.05, 0.1) is 17.6 Å². The molecule has 0 spiro atoms. The van der Waals surface area contributed by atoms with Gasteiger partial charge in [0.1, 0.15) is 11.6 Å². The van der Waals surface area contributed by atoms with Gasteiger partial charge in [-0.1, -0.05) is 30.7 Å². The van der Waals surface area contributed by atoms with E-state index in [9.17, 15) is 9.59 Å². The van der Waals surface area contributed by atoms with Gasteiger partial charge in [0.2, 0.25) is 17.8 Å². The number of halogens is 1. The van der Waals surface area contributed by atoms with Crippen LogP contribution in [0.2, 0.25) is 5.02 Å². The van der Waals surface area contributed by atoms with Gasteiger partial charge in [-0.05, 0) is 25.0 Å². The first-order valence-electron chi connectivity index (χ1n) is 9.83. The number of carbonyl (C=O) groups excluding carboxylic acids is 2. The van der Waals surface area contributed by atoms with Crippen molar-refractivity contribution in [3.05, 3.63) is 35.5 Å². The molecule has 1 aliphatic rings. The van der Waals surface area contributed by atoms with Crippen LogP contribution >= 0.6 is 11.6 Å². The van der Waals surface area contributed by atoms with Gasteiger partial charge in [-0.3, -0.25) is 9.59 Å². The Labute approximate surface area is 179 Å². The maximum atomic E-state index is 11.8. The number of aliphatic hydroxyl groups is 1. The van der Waals surface area contributed by atoms with Crippen molar-refractivity contribution in [1.29, 1.82) is 0 Å². The van der Waals surface area contributed by atoms with Crippen molar-refractivity contribution in [1.82, 2.24) is 14.9 Å². The molecule has 30 heavy (non-hydrogen) atoms. The highest BCUT2D eigenvalue weighted by Gasteiger charge is 2.23. The van der Waals surface area contributed by atoms with E-state index in [1.165, 1.54) is 6.20 Å². The molecular formula is C20H25ClN6O3. The summed E-state index contributed by atoms with van der Waals surface area (Å²) in [5, 5.41) is 18.6. The van der Waals surface area contributed by atoms with Crippen molar-refractivity contribution < 1.29 is 14.7 Å². The van der Waals surface area contributed by atoms with E-state index in [0.717, 1.165) is 12.8 Å². The summed E-state index contributed by atoms with van der Waals surface area (Å²) in [6.45, 7) is 2.39. The van der Waals surface area contributed by atoms with Crippen LogP contribution in [0.15, 0.2) is 30.5 Å². The summed E-state index contributed by atoms with van der Waals surface area (Å²) in [4.78, 5) is 33.9. The van der Waals surface area contributed by atoms with Gasteiger partial charge in [-0.2, -0.15) is 4.98 Å². The van der Waals surface area contributed by atoms with Crippen molar-refractivity contribution in [3.8, 4) is 0 Å². The number of likely N-dealkylation sites (tertiary alicyclic amines) is 1. The number of benzene rings is 1. The van der Waals surface area contributed by atoms with Gasteiger partial charge in [0.25, 0.3) is 0 Å². The zero-order valence-electron chi connectivity index (χ0n) is 16.7. The molecule has 1 aromatic heterocycles. The molecule has 3 rings (SSSR count). The zero-order chi connectivity index (χ0) is 21.5. The van der Waals surface area contributed by atoms with Crippen molar-refractivity contribution in [2.24, 2.45) is 0 Å². The van der Waals surface area contributed by atoms with E-state index in [1.807, 2.05) is 18.2 Å². The molecule has 4 N–H and O–H groups in total. The Kier molecular flexibility index (Phi) is 7.42. The molecular weight excluding hydrogens is 408 g/mol. The second kappa shape index (κ2) is 10.2. The molecule has 1 aliphatic heterocycles. The summed E-state index contributed by atoms with van der Waals surface area (Å²) in [7, 11) is 0. The molecule has 0 saturated carbocycles. The maximum Gasteiger partial charge on any atom is 0.248 e. The number of aromatic nitrogens is 2. The van der Waals surface area contributed by atoms with Crippen LogP contribution in [0.1, 0.15) is 26.2 Å². The Balaban J connectivity index is 1.73. The van der Waals surface area contributed by atoms with Crippen molar-refractivity contribution in [2.45, 2.75) is 32.2 Å². The van der Waals surface area contributed by atoms with E-state index in [4.69, 9.17) is 16.7 Å². The molecule has 0 radical (unpaired) electrons. The maximum absolute atomic E-state index is 11.8. The molecule has 0 bridgehead atoms. The number of piperidine rings is 1. The lowest BCUT2D eigenvalue weighted by Crippen LogP contribution is -2.46. The summed E-state index contributed by atoms with van der Waals surface area (Å²) in [5.41, 5.74) is 1.28. The number of anilines is 4.